The summed E-state index contributed by atoms with van der Waals surface area (Å²) in [6.45, 7) is 5.62. The third-order valence-electron chi connectivity index (χ3n) is 3.76. The monoisotopic (exact) mass is 271 g/mol. The van der Waals surface area contributed by atoms with Gasteiger partial charge in [0.15, 0.2) is 0 Å². The zero-order valence-corrected chi connectivity index (χ0v) is 11.9. The molecule has 1 saturated heterocycles. The third kappa shape index (κ3) is 4.36. The minimum atomic E-state index is -0.259. The summed E-state index contributed by atoms with van der Waals surface area (Å²) in [4.78, 5) is 13.8. The van der Waals surface area contributed by atoms with E-state index < -0.39 is 0 Å². The highest BCUT2D eigenvalue weighted by molar-refractivity contribution is 5.91. The van der Waals surface area contributed by atoms with Gasteiger partial charge in [-0.1, -0.05) is 19.1 Å². The summed E-state index contributed by atoms with van der Waals surface area (Å²) < 4.78 is 0. The number of hydrogen-bond acceptors (Lipinski definition) is 3. The van der Waals surface area contributed by atoms with Gasteiger partial charge in [0.25, 0.3) is 0 Å². The van der Waals surface area contributed by atoms with Crippen LogP contribution in [0, 0.1) is 17.2 Å². The topological polar surface area (TPSA) is 56.1 Å². The van der Waals surface area contributed by atoms with Gasteiger partial charge in [-0.05, 0) is 49.5 Å². The third-order valence-corrected chi connectivity index (χ3v) is 3.76. The molecule has 1 aliphatic heterocycles. The molecule has 1 aliphatic rings. The van der Waals surface area contributed by atoms with Gasteiger partial charge in [0.05, 0.1) is 6.07 Å². The molecule has 0 unspecified atom stereocenters. The first-order chi connectivity index (χ1) is 9.67. The van der Waals surface area contributed by atoms with E-state index in [0.717, 1.165) is 18.2 Å². The van der Waals surface area contributed by atoms with Crippen molar-refractivity contribution in [3.8, 4) is 6.07 Å². The number of anilines is 1. The number of rotatable bonds is 4. The molecule has 20 heavy (non-hydrogen) atoms. The Bertz CT molecular complexity index is 481. The minimum absolute atomic E-state index is 0.103. The standard InChI is InChI=1S/C16H21N3O/c1-13-7-10-19(11-8-13)12-14-2-4-15(5-3-14)18-16(20)6-9-17/h2-5,13H,6-8,10-12H2,1H3,(H,18,20). The fraction of sp³-hybridized carbons (Fsp3) is 0.500. The molecular weight excluding hydrogens is 250 g/mol. The Morgan fingerprint density at radius 2 is 2.00 bits per heavy atom. The van der Waals surface area contributed by atoms with Gasteiger partial charge in [0, 0.05) is 12.2 Å². The summed E-state index contributed by atoms with van der Waals surface area (Å²) in [5.74, 6) is 0.592. The second-order valence-corrected chi connectivity index (χ2v) is 5.54. The highest BCUT2D eigenvalue weighted by atomic mass is 16.1. The van der Waals surface area contributed by atoms with Gasteiger partial charge < -0.3 is 5.32 Å². The quantitative estimate of drug-likeness (QED) is 0.916. The van der Waals surface area contributed by atoms with Crippen LogP contribution >= 0.6 is 0 Å². The van der Waals surface area contributed by atoms with Crippen LogP contribution in [0.15, 0.2) is 24.3 Å². The summed E-state index contributed by atoms with van der Waals surface area (Å²) in [6.07, 6.45) is 2.46. The maximum absolute atomic E-state index is 11.3. The van der Waals surface area contributed by atoms with Crippen LogP contribution in [0.1, 0.15) is 31.7 Å². The van der Waals surface area contributed by atoms with Crippen molar-refractivity contribution in [2.45, 2.75) is 32.7 Å². The van der Waals surface area contributed by atoms with Crippen molar-refractivity contribution in [3.63, 3.8) is 0 Å². The molecule has 0 aliphatic carbocycles. The first kappa shape index (κ1) is 14.5. The van der Waals surface area contributed by atoms with Crippen LogP contribution in [0.5, 0.6) is 0 Å². The maximum Gasteiger partial charge on any atom is 0.238 e. The summed E-state index contributed by atoms with van der Waals surface area (Å²) in [5, 5.41) is 11.1. The van der Waals surface area contributed by atoms with Crippen LogP contribution < -0.4 is 5.32 Å². The first-order valence-corrected chi connectivity index (χ1v) is 7.15. The SMILES string of the molecule is CC1CCN(Cc2ccc(NC(=O)CC#N)cc2)CC1. The van der Waals surface area contributed by atoms with Gasteiger partial charge in [-0.25, -0.2) is 0 Å². The molecule has 1 heterocycles. The average Bonchev–Trinajstić information content (AvgIpc) is 2.44. The molecule has 2 rings (SSSR count). The number of likely N-dealkylation sites (tertiary alicyclic amines) is 1. The number of hydrogen-bond donors (Lipinski definition) is 1. The lowest BCUT2D eigenvalue weighted by Crippen LogP contribution is -2.32. The Balaban J connectivity index is 1.85. The first-order valence-electron chi connectivity index (χ1n) is 7.15. The number of carbonyl (C=O) groups excluding carboxylic acids is 1. The molecule has 0 radical (unpaired) electrons. The Hall–Kier alpha value is -1.86. The van der Waals surface area contributed by atoms with Crippen LogP contribution in [0.2, 0.25) is 0 Å². The van der Waals surface area contributed by atoms with E-state index in [2.05, 4.69) is 17.1 Å². The number of nitrogens with zero attached hydrogens (tertiary/aromatic N) is 2. The van der Waals surface area contributed by atoms with Gasteiger partial charge in [0.2, 0.25) is 5.91 Å². The van der Waals surface area contributed by atoms with Gasteiger partial charge in [-0.2, -0.15) is 5.26 Å². The molecule has 1 fully saturated rings. The number of amides is 1. The summed E-state index contributed by atoms with van der Waals surface area (Å²) >= 11 is 0. The van der Waals surface area contributed by atoms with E-state index in [1.165, 1.54) is 31.5 Å². The Morgan fingerprint density at radius 1 is 1.35 bits per heavy atom. The van der Waals surface area contributed by atoms with E-state index in [0.29, 0.717) is 0 Å². The zero-order valence-electron chi connectivity index (χ0n) is 11.9. The predicted octanol–water partition coefficient (Wildman–Crippen LogP) is 2.77. The molecule has 0 bridgehead atoms. The molecule has 4 heteroatoms. The molecule has 0 saturated carbocycles. The lowest BCUT2D eigenvalue weighted by Gasteiger charge is -2.30. The molecule has 106 valence electrons. The van der Waals surface area contributed by atoms with Gasteiger partial charge in [0.1, 0.15) is 6.42 Å². The zero-order chi connectivity index (χ0) is 14.4. The van der Waals surface area contributed by atoms with Crippen LogP contribution in [-0.2, 0) is 11.3 Å². The van der Waals surface area contributed by atoms with E-state index in [1.807, 2.05) is 30.3 Å². The van der Waals surface area contributed by atoms with E-state index in [9.17, 15) is 4.79 Å². The molecule has 0 atom stereocenters. The number of nitriles is 1. The van der Waals surface area contributed by atoms with Gasteiger partial charge in [-0.3, -0.25) is 9.69 Å². The number of carbonyl (C=O) groups is 1. The Labute approximate surface area is 120 Å². The van der Waals surface area contributed by atoms with E-state index in [1.54, 1.807) is 0 Å². The highest BCUT2D eigenvalue weighted by Crippen LogP contribution is 2.19. The predicted molar refractivity (Wildman–Crippen MR) is 79.0 cm³/mol. The summed E-state index contributed by atoms with van der Waals surface area (Å²) in [6, 6.07) is 9.72. The van der Waals surface area contributed by atoms with E-state index in [-0.39, 0.29) is 12.3 Å². The molecule has 0 spiro atoms. The van der Waals surface area contributed by atoms with Crippen molar-refractivity contribution in [1.82, 2.24) is 4.90 Å². The average molecular weight is 271 g/mol. The lowest BCUT2D eigenvalue weighted by atomic mass is 9.99. The molecular formula is C16H21N3O. The number of piperidine rings is 1. The van der Waals surface area contributed by atoms with Crippen LogP contribution in [0.4, 0.5) is 5.69 Å². The number of nitrogens with one attached hydrogen (secondary N) is 1. The fourth-order valence-electron chi connectivity index (χ4n) is 2.45. The molecule has 0 aromatic heterocycles. The Morgan fingerprint density at radius 3 is 2.60 bits per heavy atom. The Kier molecular flexibility index (Phi) is 5.14. The fourth-order valence-corrected chi connectivity index (χ4v) is 2.45. The second-order valence-electron chi connectivity index (χ2n) is 5.54. The summed E-state index contributed by atoms with van der Waals surface area (Å²) in [5.41, 5.74) is 2.01. The largest absolute Gasteiger partial charge is 0.325 e. The minimum Gasteiger partial charge on any atom is -0.325 e. The number of benzene rings is 1. The molecule has 1 aromatic carbocycles. The molecule has 1 amide bonds. The van der Waals surface area contributed by atoms with Crippen molar-refractivity contribution in [2.24, 2.45) is 5.92 Å². The lowest BCUT2D eigenvalue weighted by molar-refractivity contribution is -0.115. The normalized spacial score (nSPS) is 16.6. The van der Waals surface area contributed by atoms with E-state index in [4.69, 9.17) is 5.26 Å². The van der Waals surface area contributed by atoms with E-state index >= 15 is 0 Å². The maximum atomic E-state index is 11.3. The van der Waals surface area contributed by atoms with Crippen molar-refractivity contribution in [2.75, 3.05) is 18.4 Å². The highest BCUT2D eigenvalue weighted by Gasteiger charge is 2.15. The molecule has 1 aromatic rings. The second kappa shape index (κ2) is 7.06. The van der Waals surface area contributed by atoms with Crippen LogP contribution in [-0.4, -0.2) is 23.9 Å². The van der Waals surface area contributed by atoms with Gasteiger partial charge in [-0.15, -0.1) is 0 Å². The van der Waals surface area contributed by atoms with Crippen molar-refractivity contribution < 1.29 is 4.79 Å². The van der Waals surface area contributed by atoms with Crippen LogP contribution in [0.3, 0.4) is 0 Å². The van der Waals surface area contributed by atoms with Gasteiger partial charge >= 0.3 is 0 Å². The van der Waals surface area contributed by atoms with Crippen molar-refractivity contribution in [1.29, 1.82) is 5.26 Å². The molecule has 4 nitrogen and oxygen atoms in total. The molecule has 1 N–H and O–H groups in total. The van der Waals surface area contributed by atoms with Crippen molar-refractivity contribution in [3.05, 3.63) is 29.8 Å². The van der Waals surface area contributed by atoms with Crippen molar-refractivity contribution >= 4 is 11.6 Å². The van der Waals surface area contributed by atoms with Crippen LogP contribution in [0.25, 0.3) is 0 Å². The summed E-state index contributed by atoms with van der Waals surface area (Å²) in [7, 11) is 0. The smallest absolute Gasteiger partial charge is 0.238 e.